The Morgan fingerprint density at radius 3 is 2.33 bits per heavy atom. The minimum absolute atomic E-state index is 0.124. The van der Waals surface area contributed by atoms with E-state index in [1.807, 2.05) is 29.8 Å². The number of unbranched alkanes of at least 4 members (excludes halogenated alkanes) is 1. The summed E-state index contributed by atoms with van der Waals surface area (Å²) in [4.78, 5) is 65.5. The van der Waals surface area contributed by atoms with Crippen LogP contribution in [0.1, 0.15) is 88.0 Å². The number of halogens is 1. The van der Waals surface area contributed by atoms with E-state index in [1.54, 1.807) is 72.1 Å². The second-order valence-electron chi connectivity index (χ2n) is 14.7. The quantitative estimate of drug-likeness (QED) is 0.180. The molecule has 0 unspecified atom stereocenters. The summed E-state index contributed by atoms with van der Waals surface area (Å²) in [6, 6.07) is 3.79. The molecule has 12 heteroatoms. The molecule has 1 amide bonds. The molecule has 9 atom stereocenters. The minimum Gasteiger partial charge on any atom is -0.455 e. The van der Waals surface area contributed by atoms with Crippen molar-refractivity contribution in [2.75, 3.05) is 13.7 Å². The fourth-order valence-electron chi connectivity index (χ4n) is 7.86. The number of Topliss-reactive ketones (excluding diaryl/α,β-unsaturated/α-hetero) is 2. The highest BCUT2D eigenvalue weighted by atomic mass is 19.1. The van der Waals surface area contributed by atoms with Gasteiger partial charge in [0.25, 0.3) is 5.67 Å². The number of esters is 1. The van der Waals surface area contributed by atoms with Crippen LogP contribution in [0.25, 0.3) is 11.3 Å². The number of hydrogen-bond acceptors (Lipinski definition) is 9. The Balaban J connectivity index is 1.67. The number of amides is 1. The van der Waals surface area contributed by atoms with Crippen molar-refractivity contribution < 1.29 is 37.8 Å². The third-order valence-electron chi connectivity index (χ3n) is 11.9. The van der Waals surface area contributed by atoms with E-state index < -0.39 is 70.0 Å². The van der Waals surface area contributed by atoms with E-state index in [0.29, 0.717) is 19.4 Å². The molecule has 0 aromatic carbocycles. The van der Waals surface area contributed by atoms with Gasteiger partial charge < -0.3 is 18.8 Å². The van der Waals surface area contributed by atoms with Gasteiger partial charge in [0.15, 0.2) is 11.4 Å². The molecule has 0 radical (unpaired) electrons. The predicted molar refractivity (Wildman–Crippen MR) is 181 cm³/mol. The maximum atomic E-state index is 16.2. The predicted octanol–water partition coefficient (Wildman–Crippen LogP) is 6.24. The van der Waals surface area contributed by atoms with Crippen LogP contribution in [-0.2, 0) is 35.1 Å². The molecule has 4 heterocycles. The molecular formula is C37H53FN4O7. The number of ketones is 2. The van der Waals surface area contributed by atoms with E-state index in [1.165, 1.54) is 7.11 Å². The van der Waals surface area contributed by atoms with E-state index in [9.17, 15) is 19.2 Å². The molecule has 2 aromatic rings. The Morgan fingerprint density at radius 2 is 1.71 bits per heavy atom. The van der Waals surface area contributed by atoms with Crippen molar-refractivity contribution in [3.63, 3.8) is 0 Å². The highest BCUT2D eigenvalue weighted by molar-refractivity contribution is 6.07. The summed E-state index contributed by atoms with van der Waals surface area (Å²) in [5.41, 5.74) is -5.11. The Morgan fingerprint density at radius 1 is 1.04 bits per heavy atom. The van der Waals surface area contributed by atoms with Gasteiger partial charge in [-0.25, -0.2) is 19.0 Å². The van der Waals surface area contributed by atoms with Crippen molar-refractivity contribution in [3.05, 3.63) is 37.1 Å². The average Bonchev–Trinajstić information content (AvgIpc) is 3.63. The molecule has 2 aliphatic heterocycles. The van der Waals surface area contributed by atoms with Crippen molar-refractivity contribution in [1.82, 2.24) is 19.4 Å². The Kier molecular flexibility index (Phi) is 11.1. The van der Waals surface area contributed by atoms with Crippen LogP contribution in [0.4, 0.5) is 9.18 Å². The molecule has 11 nitrogen and oxygen atoms in total. The van der Waals surface area contributed by atoms with Crippen molar-refractivity contribution in [2.24, 2.45) is 23.7 Å². The Hall–Kier alpha value is -3.67. The molecule has 0 spiro atoms. The summed E-state index contributed by atoms with van der Waals surface area (Å²) in [5, 5.41) is 0. The first-order chi connectivity index (χ1) is 22.9. The third-order valence-corrected chi connectivity index (χ3v) is 11.9. The number of cyclic esters (lactones) is 1. The molecule has 49 heavy (non-hydrogen) atoms. The maximum absolute atomic E-state index is 16.2. The van der Waals surface area contributed by atoms with Gasteiger partial charge in [0.05, 0.1) is 23.2 Å². The van der Waals surface area contributed by atoms with Crippen LogP contribution in [0.2, 0.25) is 0 Å². The molecule has 2 aliphatic rings. The van der Waals surface area contributed by atoms with E-state index in [2.05, 4.69) is 9.97 Å². The number of aryl methyl sites for hydroxylation is 1. The van der Waals surface area contributed by atoms with Crippen LogP contribution < -0.4 is 0 Å². The lowest BCUT2D eigenvalue weighted by molar-refractivity contribution is -0.186. The zero-order chi connectivity index (χ0) is 36.5. The maximum Gasteiger partial charge on any atom is 0.411 e. The standard InChI is InChI=1S/C37H53FN4O7/c1-11-29-37(9)36(8,42(33(46)49-37)18-13-12-17-41-21-28(40-22-41)27-15-14-16-39-20-27)26(5)30(43)23(2)19-34(6,47-10)25(4)24(3)31(44)35(7,38)32(45)48-29/h14-16,20-26,29H,11-13,17-19H2,1-10H3/t23-,24-,25-,26+,29-,34-,35+,36+,37-/m1/s1. The van der Waals surface area contributed by atoms with Gasteiger partial charge in [-0.3, -0.25) is 19.5 Å². The first-order valence-corrected chi connectivity index (χ1v) is 17.3. The lowest BCUT2D eigenvalue weighted by Gasteiger charge is -2.49. The number of fused-ring (bicyclic) bond motifs is 1. The number of hydrogen-bond donors (Lipinski definition) is 0. The average molecular weight is 685 g/mol. The normalized spacial score (nSPS) is 36.2. The van der Waals surface area contributed by atoms with Gasteiger partial charge in [-0.15, -0.1) is 0 Å². The summed E-state index contributed by atoms with van der Waals surface area (Å²) < 4.78 is 36.0. The van der Waals surface area contributed by atoms with E-state index in [-0.39, 0.29) is 25.2 Å². The van der Waals surface area contributed by atoms with Gasteiger partial charge in [-0.05, 0) is 71.4 Å². The molecule has 2 aromatic heterocycles. The second-order valence-corrected chi connectivity index (χ2v) is 14.7. The number of carbonyl (C=O) groups excluding carboxylic acids is 4. The van der Waals surface area contributed by atoms with Crippen LogP contribution in [0.3, 0.4) is 0 Å². The monoisotopic (exact) mass is 684 g/mol. The Bertz CT molecular complexity index is 1530. The molecule has 4 rings (SSSR count). The van der Waals surface area contributed by atoms with Crippen molar-refractivity contribution in [1.29, 1.82) is 0 Å². The van der Waals surface area contributed by atoms with E-state index >= 15 is 4.39 Å². The molecule has 2 fully saturated rings. The van der Waals surface area contributed by atoms with Crippen LogP contribution in [0.5, 0.6) is 0 Å². The number of carbonyl (C=O) groups is 4. The second kappa shape index (κ2) is 14.3. The van der Waals surface area contributed by atoms with Crippen LogP contribution in [0.15, 0.2) is 37.1 Å². The lowest BCUT2D eigenvalue weighted by Crippen LogP contribution is -2.66. The lowest BCUT2D eigenvalue weighted by atomic mass is 9.65. The number of ether oxygens (including phenoxy) is 3. The molecule has 0 N–H and O–H groups in total. The third kappa shape index (κ3) is 6.77. The fraction of sp³-hybridized carbons (Fsp3) is 0.676. The van der Waals surface area contributed by atoms with Crippen LogP contribution in [0, 0.1) is 23.7 Å². The topological polar surface area (TPSA) is 130 Å². The highest BCUT2D eigenvalue weighted by Crippen LogP contribution is 2.50. The number of rotatable bonds is 8. The van der Waals surface area contributed by atoms with Gasteiger partial charge in [0.2, 0.25) is 0 Å². The van der Waals surface area contributed by atoms with Crippen molar-refractivity contribution >= 4 is 23.6 Å². The molecule has 2 saturated heterocycles. The van der Waals surface area contributed by atoms with Crippen molar-refractivity contribution in [3.8, 4) is 11.3 Å². The number of pyridine rings is 1. The van der Waals surface area contributed by atoms with Gasteiger partial charge in [0, 0.05) is 62.1 Å². The molecule has 0 aliphatic carbocycles. The number of aromatic nitrogens is 3. The number of nitrogens with zero attached hydrogens (tertiary/aromatic N) is 4. The number of methoxy groups -OCH3 is 1. The van der Waals surface area contributed by atoms with Gasteiger partial charge >= 0.3 is 12.1 Å². The zero-order valence-electron chi connectivity index (χ0n) is 30.6. The summed E-state index contributed by atoms with van der Waals surface area (Å²) in [7, 11) is 1.50. The summed E-state index contributed by atoms with van der Waals surface area (Å²) >= 11 is 0. The fourth-order valence-corrected chi connectivity index (χ4v) is 7.86. The first kappa shape index (κ1) is 38.1. The SMILES string of the molecule is CC[C@H]1OC(=O)[C@@](C)(F)C(=O)[C@H](C)[C@@H](C)[C@](C)(OC)C[C@@H](C)C(=O)[C@H](C)[C@]2(C)N(CCCCn3cnc(-c4cccnc4)c3)C(=O)O[C@]12C. The van der Waals surface area contributed by atoms with Crippen LogP contribution >= 0.6 is 0 Å². The molecule has 0 bridgehead atoms. The number of alkyl halides is 1. The largest absolute Gasteiger partial charge is 0.455 e. The molecule has 0 saturated carbocycles. The first-order valence-electron chi connectivity index (χ1n) is 17.3. The molecule has 270 valence electrons. The van der Waals surface area contributed by atoms with E-state index in [4.69, 9.17) is 14.2 Å². The van der Waals surface area contributed by atoms with Gasteiger partial charge in [-0.1, -0.05) is 34.6 Å². The zero-order valence-corrected chi connectivity index (χ0v) is 30.6. The summed E-state index contributed by atoms with van der Waals surface area (Å²) in [6.45, 7) is 15.7. The van der Waals surface area contributed by atoms with Gasteiger partial charge in [-0.2, -0.15) is 0 Å². The Labute approximate surface area is 289 Å². The highest BCUT2D eigenvalue weighted by Gasteiger charge is 2.68. The summed E-state index contributed by atoms with van der Waals surface area (Å²) in [5.74, 6) is -5.22. The smallest absolute Gasteiger partial charge is 0.411 e. The number of imidazole rings is 1. The summed E-state index contributed by atoms with van der Waals surface area (Å²) in [6.07, 6.45) is 7.00. The van der Waals surface area contributed by atoms with Gasteiger partial charge in [0.1, 0.15) is 11.9 Å². The van der Waals surface area contributed by atoms with E-state index in [0.717, 1.165) is 18.2 Å². The van der Waals surface area contributed by atoms with Crippen LogP contribution in [-0.4, -0.2) is 85.2 Å². The van der Waals surface area contributed by atoms with Crippen molar-refractivity contribution in [2.45, 2.75) is 123 Å². The molecular weight excluding hydrogens is 631 g/mol. The minimum atomic E-state index is -2.97.